The highest BCUT2D eigenvalue weighted by Gasteiger charge is 2.39. The van der Waals surface area contributed by atoms with Gasteiger partial charge in [0.15, 0.2) is 5.76 Å². The van der Waals surface area contributed by atoms with Crippen molar-refractivity contribution < 1.29 is 23.8 Å². The normalized spacial score (nSPS) is 19.1. The van der Waals surface area contributed by atoms with Crippen molar-refractivity contribution in [1.82, 2.24) is 19.8 Å². The number of likely N-dealkylation sites (tertiary alicyclic amines) is 2. The Bertz CT molecular complexity index is 946. The fourth-order valence-corrected chi connectivity index (χ4v) is 4.59. The van der Waals surface area contributed by atoms with Crippen LogP contribution in [-0.2, 0) is 12.1 Å². The predicted octanol–water partition coefficient (Wildman–Crippen LogP) is 2.50. The number of amides is 1. The van der Waals surface area contributed by atoms with Crippen LogP contribution in [0.1, 0.15) is 59.5 Å². The van der Waals surface area contributed by atoms with Crippen LogP contribution in [0.2, 0.25) is 0 Å². The summed E-state index contributed by atoms with van der Waals surface area (Å²) in [5, 5.41) is 11.3. The lowest BCUT2D eigenvalue weighted by molar-refractivity contribution is -0.0240. The molecule has 4 rings (SSSR count). The summed E-state index contributed by atoms with van der Waals surface area (Å²) in [5.41, 5.74) is 0.186. The number of ether oxygens (including phenoxy) is 2. The summed E-state index contributed by atoms with van der Waals surface area (Å²) in [6.45, 7) is 5.60. The van der Waals surface area contributed by atoms with Gasteiger partial charge < -0.3 is 23.9 Å². The molecule has 9 nitrogen and oxygen atoms in total. The van der Waals surface area contributed by atoms with Gasteiger partial charge in [0.1, 0.15) is 5.76 Å². The zero-order chi connectivity index (χ0) is 22.7. The van der Waals surface area contributed by atoms with Gasteiger partial charge in [0.05, 0.1) is 31.9 Å². The van der Waals surface area contributed by atoms with E-state index in [1.165, 1.54) is 39.7 Å². The van der Waals surface area contributed by atoms with Crippen molar-refractivity contribution in [3.05, 3.63) is 34.9 Å². The first-order valence-corrected chi connectivity index (χ1v) is 11.2. The molecule has 174 valence electrons. The van der Waals surface area contributed by atoms with Gasteiger partial charge in [0.2, 0.25) is 5.88 Å². The lowest BCUT2D eigenvalue weighted by Crippen LogP contribution is -2.45. The number of aryl methyl sites for hydroxylation is 1. The number of aliphatic hydroxyl groups is 1. The minimum absolute atomic E-state index is 0.132. The average molecular weight is 445 g/mol. The third-order valence-electron chi connectivity index (χ3n) is 6.48. The molecular weight excluding hydrogens is 412 g/mol. The Hall–Kier alpha value is -2.65. The molecule has 1 amide bonds. The number of methoxy groups -OCH3 is 2. The molecule has 32 heavy (non-hydrogen) atoms. The molecule has 0 unspecified atom stereocenters. The molecule has 0 saturated carbocycles. The largest absolute Gasteiger partial charge is 0.481 e. The number of carbonyl (C=O) groups excluding carboxylic acids is 1. The number of rotatable bonds is 6. The molecule has 0 spiro atoms. The highest BCUT2D eigenvalue weighted by atomic mass is 16.5. The molecule has 0 aromatic carbocycles. The van der Waals surface area contributed by atoms with Gasteiger partial charge in [-0.05, 0) is 51.8 Å². The molecule has 0 radical (unpaired) electrons. The monoisotopic (exact) mass is 444 g/mol. The van der Waals surface area contributed by atoms with E-state index in [-0.39, 0.29) is 17.8 Å². The van der Waals surface area contributed by atoms with E-state index in [0.717, 1.165) is 31.0 Å². The Morgan fingerprint density at radius 3 is 2.53 bits per heavy atom. The Balaban J connectivity index is 1.42. The first-order chi connectivity index (χ1) is 15.4. The first-order valence-electron chi connectivity index (χ1n) is 11.2. The van der Waals surface area contributed by atoms with Crippen LogP contribution in [0.3, 0.4) is 0 Å². The van der Waals surface area contributed by atoms with Gasteiger partial charge in [-0.3, -0.25) is 9.69 Å². The quantitative estimate of drug-likeness (QED) is 0.725. The fraction of sp³-hybridized carbons (Fsp3) is 0.609. The van der Waals surface area contributed by atoms with Crippen LogP contribution >= 0.6 is 0 Å². The third kappa shape index (κ3) is 4.59. The minimum atomic E-state index is -1.17. The number of carbonyl (C=O) groups is 1. The highest BCUT2D eigenvalue weighted by molar-refractivity contribution is 5.93. The van der Waals surface area contributed by atoms with Crippen LogP contribution in [0, 0.1) is 6.92 Å². The summed E-state index contributed by atoms with van der Waals surface area (Å²) >= 11 is 0. The number of hydrogen-bond donors (Lipinski definition) is 1. The lowest BCUT2D eigenvalue weighted by Gasteiger charge is -2.38. The van der Waals surface area contributed by atoms with Crippen molar-refractivity contribution in [1.29, 1.82) is 0 Å². The molecular formula is C23H32N4O5. The van der Waals surface area contributed by atoms with Crippen LogP contribution in [-0.4, -0.2) is 71.2 Å². The molecule has 9 heteroatoms. The van der Waals surface area contributed by atoms with E-state index in [9.17, 15) is 9.90 Å². The summed E-state index contributed by atoms with van der Waals surface area (Å²) < 4.78 is 16.4. The maximum absolute atomic E-state index is 13.2. The van der Waals surface area contributed by atoms with E-state index in [1.807, 2.05) is 13.0 Å². The molecule has 4 heterocycles. The second-order valence-corrected chi connectivity index (χ2v) is 8.67. The van der Waals surface area contributed by atoms with Gasteiger partial charge in [-0.15, -0.1) is 0 Å². The molecule has 0 aliphatic carbocycles. The van der Waals surface area contributed by atoms with Gasteiger partial charge >= 0.3 is 6.01 Å². The van der Waals surface area contributed by atoms with E-state index in [1.54, 1.807) is 4.90 Å². The van der Waals surface area contributed by atoms with E-state index in [4.69, 9.17) is 13.9 Å². The van der Waals surface area contributed by atoms with Crippen molar-refractivity contribution in [2.24, 2.45) is 0 Å². The van der Waals surface area contributed by atoms with Crippen LogP contribution in [0.4, 0.5) is 0 Å². The summed E-state index contributed by atoms with van der Waals surface area (Å²) in [4.78, 5) is 25.6. The number of aromatic nitrogens is 2. The van der Waals surface area contributed by atoms with Crippen LogP contribution < -0.4 is 9.47 Å². The van der Waals surface area contributed by atoms with E-state index >= 15 is 0 Å². The third-order valence-corrected chi connectivity index (χ3v) is 6.48. The molecule has 1 N–H and O–H groups in total. The SMILES string of the molecule is COc1ncc(C2(O)CCN(C(=O)c3oc(CN4CCCCC4)cc3C)CC2)c(OC)n1. The summed E-state index contributed by atoms with van der Waals surface area (Å²) in [6.07, 6.45) is 5.95. The topological polar surface area (TPSA) is 101 Å². The average Bonchev–Trinajstić information content (AvgIpc) is 3.19. The van der Waals surface area contributed by atoms with Crippen molar-refractivity contribution in [2.45, 2.75) is 51.2 Å². The number of hydrogen-bond acceptors (Lipinski definition) is 8. The summed E-state index contributed by atoms with van der Waals surface area (Å²) in [5.74, 6) is 1.38. The summed E-state index contributed by atoms with van der Waals surface area (Å²) in [6, 6.07) is 2.15. The zero-order valence-electron chi connectivity index (χ0n) is 19.1. The van der Waals surface area contributed by atoms with Crippen LogP contribution in [0.25, 0.3) is 0 Å². The number of nitrogens with zero attached hydrogens (tertiary/aromatic N) is 4. The summed E-state index contributed by atoms with van der Waals surface area (Å²) in [7, 11) is 2.97. The van der Waals surface area contributed by atoms with Crippen molar-refractivity contribution in [3.63, 3.8) is 0 Å². The van der Waals surface area contributed by atoms with Gasteiger partial charge in [0.25, 0.3) is 5.91 Å². The van der Waals surface area contributed by atoms with E-state index in [0.29, 0.717) is 37.3 Å². The zero-order valence-corrected chi connectivity index (χ0v) is 19.1. The smallest absolute Gasteiger partial charge is 0.319 e. The molecule has 2 aliphatic rings. The molecule has 2 aliphatic heterocycles. The fourth-order valence-electron chi connectivity index (χ4n) is 4.59. The Morgan fingerprint density at radius 1 is 1.16 bits per heavy atom. The maximum atomic E-state index is 13.2. The van der Waals surface area contributed by atoms with Crippen molar-refractivity contribution in [3.8, 4) is 11.9 Å². The Labute approximate surface area is 188 Å². The number of furan rings is 1. The molecule has 0 bridgehead atoms. The standard InChI is InChI=1S/C23H32N4O5/c1-16-13-17(15-26-9-5-4-6-10-26)32-19(16)21(28)27-11-7-23(29,8-12-27)18-14-24-22(31-3)25-20(18)30-2/h13-14,29H,4-12,15H2,1-3H3. The molecule has 2 aromatic rings. The second-order valence-electron chi connectivity index (χ2n) is 8.67. The molecule has 2 aromatic heterocycles. The van der Waals surface area contributed by atoms with Gasteiger partial charge in [-0.25, -0.2) is 4.98 Å². The van der Waals surface area contributed by atoms with Crippen molar-refractivity contribution >= 4 is 5.91 Å². The maximum Gasteiger partial charge on any atom is 0.319 e. The van der Waals surface area contributed by atoms with Gasteiger partial charge in [-0.2, -0.15) is 4.98 Å². The predicted molar refractivity (Wildman–Crippen MR) is 117 cm³/mol. The van der Waals surface area contributed by atoms with Crippen LogP contribution in [0.5, 0.6) is 11.9 Å². The highest BCUT2D eigenvalue weighted by Crippen LogP contribution is 2.38. The van der Waals surface area contributed by atoms with Crippen molar-refractivity contribution in [2.75, 3.05) is 40.4 Å². The minimum Gasteiger partial charge on any atom is -0.481 e. The van der Waals surface area contributed by atoms with Gasteiger partial charge in [-0.1, -0.05) is 6.42 Å². The van der Waals surface area contributed by atoms with Gasteiger partial charge in [0, 0.05) is 24.8 Å². The number of piperidine rings is 2. The van der Waals surface area contributed by atoms with Crippen LogP contribution in [0.15, 0.2) is 16.7 Å². The molecule has 0 atom stereocenters. The Morgan fingerprint density at radius 2 is 1.88 bits per heavy atom. The Kier molecular flexibility index (Phi) is 6.66. The van der Waals surface area contributed by atoms with E-state index < -0.39 is 5.60 Å². The second kappa shape index (κ2) is 9.46. The van der Waals surface area contributed by atoms with E-state index in [2.05, 4.69) is 14.9 Å². The molecule has 2 saturated heterocycles. The first kappa shape index (κ1) is 22.5. The molecule has 2 fully saturated rings. The lowest BCUT2D eigenvalue weighted by atomic mass is 9.85.